The van der Waals surface area contributed by atoms with Gasteiger partial charge in [0.05, 0.1) is 24.0 Å². The lowest BCUT2D eigenvalue weighted by Gasteiger charge is -2.37. The fourth-order valence-corrected chi connectivity index (χ4v) is 4.39. The summed E-state index contributed by atoms with van der Waals surface area (Å²) in [6.07, 6.45) is 8.84. The first-order valence-electron chi connectivity index (χ1n) is 11.2. The van der Waals surface area contributed by atoms with Crippen LogP contribution in [0.25, 0.3) is 0 Å². The van der Waals surface area contributed by atoms with Gasteiger partial charge in [-0.1, -0.05) is 53.3 Å². The molecule has 0 aromatic rings. The third kappa shape index (κ3) is 8.19. The van der Waals surface area contributed by atoms with Crippen molar-refractivity contribution >= 4 is 11.8 Å². The second-order valence-corrected chi connectivity index (χ2v) is 9.13. The predicted octanol–water partition coefficient (Wildman–Crippen LogP) is 5.92. The van der Waals surface area contributed by atoms with Gasteiger partial charge in [-0.25, -0.2) is 0 Å². The van der Waals surface area contributed by atoms with Crippen LogP contribution in [0.4, 0.5) is 0 Å². The lowest BCUT2D eigenvalue weighted by molar-refractivity contribution is -0.156. The van der Waals surface area contributed by atoms with Crippen molar-refractivity contribution in [2.24, 2.45) is 17.3 Å². The molecule has 0 saturated carbocycles. The molecule has 0 amide bonds. The predicted molar refractivity (Wildman–Crippen MR) is 127 cm³/mol. The first-order valence-corrected chi connectivity index (χ1v) is 11.2. The molecule has 0 fully saturated rings. The zero-order valence-corrected chi connectivity index (χ0v) is 20.2. The zero-order valence-electron chi connectivity index (χ0n) is 20.2. The molecule has 1 aliphatic heterocycles. The molecule has 1 rings (SSSR count). The van der Waals surface area contributed by atoms with Crippen molar-refractivity contribution in [3.05, 3.63) is 23.8 Å². The number of rotatable bonds is 3. The molecular formula is C26H46O5. The first kappa shape index (κ1) is 29.5. The number of carbonyl (C=O) groups is 2. The highest BCUT2D eigenvalue weighted by molar-refractivity contribution is 5.88. The molecule has 0 N–H and O–H groups in total. The van der Waals surface area contributed by atoms with E-state index in [4.69, 9.17) is 14.2 Å². The Balaban J connectivity index is 0.00000900. The molecule has 0 aromatic heterocycles. The van der Waals surface area contributed by atoms with Crippen molar-refractivity contribution in [1.29, 1.82) is 0 Å². The molecule has 0 spiro atoms. The summed E-state index contributed by atoms with van der Waals surface area (Å²) in [5.41, 5.74) is 0.176. The summed E-state index contributed by atoms with van der Waals surface area (Å²) in [6.45, 7) is 11.7. The molecule has 1 aliphatic rings. The van der Waals surface area contributed by atoms with Gasteiger partial charge >= 0.3 is 5.97 Å². The molecule has 180 valence electrons. The van der Waals surface area contributed by atoms with Crippen molar-refractivity contribution in [2.75, 3.05) is 14.2 Å². The van der Waals surface area contributed by atoms with Crippen molar-refractivity contribution in [3.8, 4) is 0 Å². The topological polar surface area (TPSA) is 61.8 Å². The van der Waals surface area contributed by atoms with Gasteiger partial charge in [-0.05, 0) is 44.6 Å². The van der Waals surface area contributed by atoms with E-state index in [0.717, 1.165) is 24.8 Å². The Morgan fingerprint density at radius 1 is 1.16 bits per heavy atom. The smallest absolute Gasteiger partial charge is 0.309 e. The summed E-state index contributed by atoms with van der Waals surface area (Å²) >= 11 is 0. The van der Waals surface area contributed by atoms with Gasteiger partial charge < -0.3 is 14.2 Å². The van der Waals surface area contributed by atoms with Crippen LogP contribution >= 0.6 is 0 Å². The summed E-state index contributed by atoms with van der Waals surface area (Å²) in [5.74, 6) is -0.335. The summed E-state index contributed by atoms with van der Waals surface area (Å²) in [6, 6.07) is 0. The summed E-state index contributed by atoms with van der Waals surface area (Å²) in [7, 11) is 3.22. The minimum Gasteiger partial charge on any atom is -0.457 e. The molecule has 5 nitrogen and oxygen atoms in total. The fourth-order valence-electron chi connectivity index (χ4n) is 4.39. The zero-order chi connectivity index (χ0) is 22.9. The number of ketones is 1. The molecule has 0 aromatic carbocycles. The number of Topliss-reactive ketones (excluding diaryl/α,β-unsaturated/α-hetero) is 1. The molecule has 1 heterocycles. The number of hydrogen-bond acceptors (Lipinski definition) is 5. The normalized spacial score (nSPS) is 31.6. The number of ether oxygens (including phenoxy) is 3. The largest absolute Gasteiger partial charge is 0.457 e. The van der Waals surface area contributed by atoms with E-state index in [2.05, 4.69) is 19.1 Å². The Hall–Kier alpha value is -1.46. The Labute approximate surface area is 190 Å². The van der Waals surface area contributed by atoms with Crippen LogP contribution in [0.15, 0.2) is 23.8 Å². The number of esters is 1. The molecule has 0 bridgehead atoms. The standard InChI is InChI=1S/C25H42O5.CH4/c1-9-17(2)20-15-13-11-10-12-14-18(3)23(29-8)19(4)24(27)25(5,6)21(28-7)16-22(26)30-20;/h9,11,13,18-21,23H,10,12,14-16H2,1-8H3;1H4/b13-11?,17-9+;. The number of hydrogen-bond donors (Lipinski definition) is 0. The van der Waals surface area contributed by atoms with E-state index < -0.39 is 11.5 Å². The van der Waals surface area contributed by atoms with Gasteiger partial charge in [0.1, 0.15) is 11.9 Å². The average molecular weight is 439 g/mol. The lowest BCUT2D eigenvalue weighted by atomic mass is 9.72. The highest BCUT2D eigenvalue weighted by atomic mass is 16.5. The van der Waals surface area contributed by atoms with Gasteiger partial charge in [0.25, 0.3) is 0 Å². The van der Waals surface area contributed by atoms with Gasteiger partial charge in [-0.3, -0.25) is 9.59 Å². The Morgan fingerprint density at radius 3 is 2.35 bits per heavy atom. The molecule has 5 unspecified atom stereocenters. The van der Waals surface area contributed by atoms with E-state index in [9.17, 15) is 9.59 Å². The van der Waals surface area contributed by atoms with Gasteiger partial charge in [-0.2, -0.15) is 0 Å². The summed E-state index contributed by atoms with van der Waals surface area (Å²) in [4.78, 5) is 26.2. The van der Waals surface area contributed by atoms with E-state index in [-0.39, 0.29) is 49.6 Å². The maximum atomic E-state index is 13.4. The van der Waals surface area contributed by atoms with Gasteiger partial charge in [0, 0.05) is 26.6 Å². The molecule has 0 aliphatic carbocycles. The minimum absolute atomic E-state index is 0. The quantitative estimate of drug-likeness (QED) is 0.404. The number of allylic oxidation sites excluding steroid dienone is 2. The summed E-state index contributed by atoms with van der Waals surface area (Å²) in [5, 5.41) is 0. The van der Waals surface area contributed by atoms with E-state index in [1.807, 2.05) is 40.7 Å². The van der Waals surface area contributed by atoms with Crippen LogP contribution in [0.2, 0.25) is 0 Å². The number of methoxy groups -OCH3 is 2. The lowest BCUT2D eigenvalue weighted by Crippen LogP contribution is -2.47. The minimum atomic E-state index is -0.841. The Bertz CT molecular complexity index is 619. The second kappa shape index (κ2) is 13.8. The highest BCUT2D eigenvalue weighted by Gasteiger charge is 2.43. The second-order valence-electron chi connectivity index (χ2n) is 9.13. The van der Waals surface area contributed by atoms with Crippen molar-refractivity contribution in [3.63, 3.8) is 0 Å². The monoisotopic (exact) mass is 438 g/mol. The van der Waals surface area contributed by atoms with Crippen LogP contribution in [-0.4, -0.2) is 44.3 Å². The molecule has 5 atom stereocenters. The van der Waals surface area contributed by atoms with E-state index in [1.54, 1.807) is 14.2 Å². The molecular weight excluding hydrogens is 392 g/mol. The molecule has 0 saturated heterocycles. The van der Waals surface area contributed by atoms with Gasteiger partial charge in [0.2, 0.25) is 0 Å². The number of cyclic esters (lactones) is 1. The average Bonchev–Trinajstić information content (AvgIpc) is 2.71. The Kier molecular flexibility index (Phi) is 13.2. The maximum absolute atomic E-state index is 13.4. The number of carbonyl (C=O) groups excluding carboxylic acids is 2. The van der Waals surface area contributed by atoms with Crippen LogP contribution in [-0.2, 0) is 23.8 Å². The van der Waals surface area contributed by atoms with Crippen LogP contribution in [0.5, 0.6) is 0 Å². The summed E-state index contributed by atoms with van der Waals surface area (Å²) < 4.78 is 17.2. The van der Waals surface area contributed by atoms with Crippen molar-refractivity contribution < 1.29 is 23.8 Å². The van der Waals surface area contributed by atoms with Crippen LogP contribution in [0, 0.1) is 17.3 Å². The third-order valence-electron chi connectivity index (χ3n) is 6.60. The van der Waals surface area contributed by atoms with E-state index in [0.29, 0.717) is 6.42 Å². The fraction of sp³-hybridized carbons (Fsp3) is 0.769. The Morgan fingerprint density at radius 2 is 1.81 bits per heavy atom. The highest BCUT2D eigenvalue weighted by Crippen LogP contribution is 2.34. The van der Waals surface area contributed by atoms with E-state index in [1.165, 1.54) is 0 Å². The third-order valence-corrected chi connectivity index (χ3v) is 6.60. The molecule has 31 heavy (non-hydrogen) atoms. The van der Waals surface area contributed by atoms with E-state index >= 15 is 0 Å². The van der Waals surface area contributed by atoms with Crippen LogP contribution < -0.4 is 0 Å². The maximum Gasteiger partial charge on any atom is 0.309 e. The van der Waals surface area contributed by atoms with Gasteiger partial charge in [0.15, 0.2) is 0 Å². The molecule has 0 radical (unpaired) electrons. The van der Waals surface area contributed by atoms with Crippen molar-refractivity contribution in [1.82, 2.24) is 0 Å². The first-order chi connectivity index (χ1) is 14.1. The van der Waals surface area contributed by atoms with Crippen molar-refractivity contribution in [2.45, 2.75) is 99.4 Å². The van der Waals surface area contributed by atoms with Crippen LogP contribution in [0.3, 0.4) is 0 Å². The van der Waals surface area contributed by atoms with Crippen LogP contribution in [0.1, 0.15) is 81.1 Å². The van der Waals surface area contributed by atoms with Gasteiger partial charge in [-0.15, -0.1) is 0 Å². The molecule has 5 heteroatoms. The SMILES string of the molecule is C.C/C=C(\C)C1CC=CCCCC(C)C(OC)C(C)C(=O)C(C)(C)C(OC)CC(=O)O1.